The van der Waals surface area contributed by atoms with Crippen molar-refractivity contribution < 1.29 is 9.53 Å². The summed E-state index contributed by atoms with van der Waals surface area (Å²) in [7, 11) is 3.67. The first-order valence-corrected chi connectivity index (χ1v) is 9.83. The molecular weight excluding hydrogens is 372 g/mol. The van der Waals surface area contributed by atoms with Gasteiger partial charge in [0.05, 0.1) is 13.7 Å². The Morgan fingerprint density at radius 2 is 1.89 bits per heavy atom. The van der Waals surface area contributed by atoms with E-state index in [1.54, 1.807) is 7.11 Å². The fourth-order valence-electron chi connectivity index (χ4n) is 2.74. The highest BCUT2D eigenvalue weighted by Crippen LogP contribution is 2.16. The van der Waals surface area contributed by atoms with Crippen molar-refractivity contribution >= 4 is 17.2 Å². The number of hydrogen-bond acceptors (Lipinski definition) is 6. The zero-order valence-electron chi connectivity index (χ0n) is 16.3. The van der Waals surface area contributed by atoms with Gasteiger partial charge in [-0.1, -0.05) is 53.3 Å². The highest BCUT2D eigenvalue weighted by molar-refractivity contribution is 7.13. The molecule has 0 fully saturated rings. The van der Waals surface area contributed by atoms with E-state index in [1.165, 1.54) is 16.9 Å². The van der Waals surface area contributed by atoms with Crippen LogP contribution in [0, 0.1) is 6.92 Å². The Morgan fingerprint density at radius 1 is 1.11 bits per heavy atom. The zero-order valence-corrected chi connectivity index (χ0v) is 17.1. The quantitative estimate of drug-likeness (QED) is 0.632. The van der Waals surface area contributed by atoms with Gasteiger partial charge in [-0.25, -0.2) is 0 Å². The molecule has 2 aromatic carbocycles. The maximum absolute atomic E-state index is 12.3. The molecule has 1 aromatic heterocycles. The molecule has 0 atom stereocenters. The van der Waals surface area contributed by atoms with Crippen LogP contribution in [-0.4, -0.2) is 35.2 Å². The van der Waals surface area contributed by atoms with E-state index in [0.717, 1.165) is 28.4 Å². The number of amides is 1. The van der Waals surface area contributed by atoms with E-state index in [2.05, 4.69) is 26.5 Å². The van der Waals surface area contributed by atoms with Crippen molar-refractivity contribution in [2.24, 2.45) is 0 Å². The van der Waals surface area contributed by atoms with Crippen LogP contribution in [0.1, 0.15) is 31.5 Å². The van der Waals surface area contributed by atoms with Gasteiger partial charge in [-0.3, -0.25) is 9.69 Å². The fraction of sp³-hybridized carbons (Fsp3) is 0.286. The number of carbonyl (C=O) groups excluding carboxylic acids is 1. The van der Waals surface area contributed by atoms with Crippen molar-refractivity contribution in [1.29, 1.82) is 0 Å². The first kappa shape index (κ1) is 20.0. The topological polar surface area (TPSA) is 67.3 Å². The molecule has 0 aliphatic heterocycles. The van der Waals surface area contributed by atoms with E-state index < -0.39 is 0 Å². The number of hydrogen-bond donors (Lipinski definition) is 1. The lowest BCUT2D eigenvalue weighted by Crippen LogP contribution is -2.22. The Labute approximate surface area is 169 Å². The smallest absolute Gasteiger partial charge is 0.282 e. The Bertz CT molecular complexity index is 924. The average Bonchev–Trinajstić information content (AvgIpc) is 3.15. The third-order valence-corrected chi connectivity index (χ3v) is 5.13. The van der Waals surface area contributed by atoms with Gasteiger partial charge in [-0.2, -0.15) is 0 Å². The standard InChI is InChI=1S/C21H24N4O2S/c1-15-7-9-16(10-8-15)12-22-20(26)21-24-23-19(28-21)14-25(2)13-17-5-4-6-18(11-17)27-3/h4-11H,12-14H2,1-3H3,(H,22,26). The predicted octanol–water partition coefficient (Wildman–Crippen LogP) is 3.42. The summed E-state index contributed by atoms with van der Waals surface area (Å²) in [4.78, 5) is 14.4. The van der Waals surface area contributed by atoms with Crippen molar-refractivity contribution in [1.82, 2.24) is 20.4 Å². The molecule has 0 bridgehead atoms. The molecule has 7 heteroatoms. The van der Waals surface area contributed by atoms with Crippen LogP contribution in [0.3, 0.4) is 0 Å². The summed E-state index contributed by atoms with van der Waals surface area (Å²) >= 11 is 1.32. The summed E-state index contributed by atoms with van der Waals surface area (Å²) in [5.41, 5.74) is 3.41. The van der Waals surface area contributed by atoms with Crippen LogP contribution in [-0.2, 0) is 19.6 Å². The van der Waals surface area contributed by atoms with Crippen molar-refractivity contribution in [3.63, 3.8) is 0 Å². The van der Waals surface area contributed by atoms with Crippen molar-refractivity contribution in [3.05, 3.63) is 75.2 Å². The van der Waals surface area contributed by atoms with Crippen LogP contribution in [0.25, 0.3) is 0 Å². The lowest BCUT2D eigenvalue weighted by atomic mass is 10.1. The molecule has 0 radical (unpaired) electrons. The fourth-order valence-corrected chi connectivity index (χ4v) is 3.58. The van der Waals surface area contributed by atoms with Gasteiger partial charge in [0.2, 0.25) is 5.01 Å². The summed E-state index contributed by atoms with van der Waals surface area (Å²) in [6, 6.07) is 16.1. The van der Waals surface area contributed by atoms with E-state index in [1.807, 2.05) is 56.4 Å². The molecule has 0 spiro atoms. The lowest BCUT2D eigenvalue weighted by Gasteiger charge is -2.15. The Balaban J connectivity index is 1.52. The number of methoxy groups -OCH3 is 1. The second-order valence-corrected chi connectivity index (χ2v) is 7.76. The summed E-state index contributed by atoms with van der Waals surface area (Å²) in [5, 5.41) is 12.3. The molecule has 1 heterocycles. The zero-order chi connectivity index (χ0) is 19.9. The van der Waals surface area contributed by atoms with Crippen LogP contribution in [0.2, 0.25) is 0 Å². The van der Waals surface area contributed by atoms with Gasteiger partial charge < -0.3 is 10.1 Å². The van der Waals surface area contributed by atoms with Gasteiger partial charge in [0.15, 0.2) is 0 Å². The monoisotopic (exact) mass is 396 g/mol. The van der Waals surface area contributed by atoms with E-state index in [0.29, 0.717) is 18.1 Å². The molecule has 0 aliphatic carbocycles. The molecule has 0 aliphatic rings. The number of aryl methyl sites for hydroxylation is 1. The predicted molar refractivity (Wildman–Crippen MR) is 110 cm³/mol. The summed E-state index contributed by atoms with van der Waals surface area (Å²) in [6.07, 6.45) is 0. The van der Waals surface area contributed by atoms with Crippen LogP contribution in [0.5, 0.6) is 5.75 Å². The van der Waals surface area contributed by atoms with Gasteiger partial charge in [-0.05, 0) is 37.2 Å². The molecule has 1 N–H and O–H groups in total. The molecule has 6 nitrogen and oxygen atoms in total. The summed E-state index contributed by atoms with van der Waals surface area (Å²) in [6.45, 7) is 3.89. The minimum absolute atomic E-state index is 0.195. The number of benzene rings is 2. The van der Waals surface area contributed by atoms with Crippen molar-refractivity contribution in [3.8, 4) is 5.75 Å². The third kappa shape index (κ3) is 5.61. The normalized spacial score (nSPS) is 10.9. The van der Waals surface area contributed by atoms with Crippen LogP contribution < -0.4 is 10.1 Å². The number of ether oxygens (including phenoxy) is 1. The van der Waals surface area contributed by atoms with Crippen LogP contribution in [0.15, 0.2) is 48.5 Å². The maximum Gasteiger partial charge on any atom is 0.282 e. The average molecular weight is 397 g/mol. The SMILES string of the molecule is COc1cccc(CN(C)Cc2nnc(C(=O)NCc3ccc(C)cc3)s2)c1. The second kappa shape index (κ2) is 9.43. The molecule has 0 unspecified atom stereocenters. The number of carbonyl (C=O) groups is 1. The maximum atomic E-state index is 12.3. The number of nitrogens with zero attached hydrogens (tertiary/aromatic N) is 3. The highest BCUT2D eigenvalue weighted by atomic mass is 32.1. The first-order chi connectivity index (χ1) is 13.5. The number of nitrogens with one attached hydrogen (secondary N) is 1. The summed E-state index contributed by atoms with van der Waals surface area (Å²) in [5.74, 6) is 0.647. The van der Waals surface area contributed by atoms with E-state index >= 15 is 0 Å². The van der Waals surface area contributed by atoms with Crippen molar-refractivity contribution in [2.75, 3.05) is 14.2 Å². The number of rotatable bonds is 8. The highest BCUT2D eigenvalue weighted by Gasteiger charge is 2.14. The molecular formula is C21H24N4O2S. The Hall–Kier alpha value is -2.77. The molecule has 0 saturated heterocycles. The first-order valence-electron chi connectivity index (χ1n) is 9.01. The van der Waals surface area contributed by atoms with E-state index in [4.69, 9.17) is 4.74 Å². The minimum atomic E-state index is -0.195. The molecule has 3 aromatic rings. The molecule has 28 heavy (non-hydrogen) atoms. The van der Waals surface area contributed by atoms with Gasteiger partial charge >= 0.3 is 0 Å². The van der Waals surface area contributed by atoms with Gasteiger partial charge in [0.1, 0.15) is 10.8 Å². The number of aromatic nitrogens is 2. The van der Waals surface area contributed by atoms with Crippen molar-refractivity contribution in [2.45, 2.75) is 26.6 Å². The summed E-state index contributed by atoms with van der Waals surface area (Å²) < 4.78 is 5.26. The van der Waals surface area contributed by atoms with Gasteiger partial charge in [0.25, 0.3) is 5.91 Å². The third-order valence-electron chi connectivity index (χ3n) is 4.23. The van der Waals surface area contributed by atoms with Gasteiger partial charge in [0, 0.05) is 13.1 Å². The largest absolute Gasteiger partial charge is 0.497 e. The molecule has 0 saturated carbocycles. The molecule has 1 amide bonds. The molecule has 146 valence electrons. The second-order valence-electron chi connectivity index (χ2n) is 6.69. The Kier molecular flexibility index (Phi) is 6.73. The minimum Gasteiger partial charge on any atom is -0.497 e. The van der Waals surface area contributed by atoms with Gasteiger partial charge in [-0.15, -0.1) is 10.2 Å². The molecule has 3 rings (SSSR count). The van der Waals surface area contributed by atoms with Crippen LogP contribution in [0.4, 0.5) is 0 Å². The Morgan fingerprint density at radius 3 is 2.64 bits per heavy atom. The van der Waals surface area contributed by atoms with Crippen LogP contribution >= 0.6 is 11.3 Å². The van der Waals surface area contributed by atoms with E-state index in [9.17, 15) is 4.79 Å². The van der Waals surface area contributed by atoms with E-state index in [-0.39, 0.29) is 5.91 Å². The lowest BCUT2D eigenvalue weighted by molar-refractivity contribution is 0.0950.